The number of hydrogen-bond acceptors (Lipinski definition) is 2. The number of rotatable bonds is 4. The Morgan fingerprint density at radius 2 is 2.06 bits per heavy atom. The predicted octanol–water partition coefficient (Wildman–Crippen LogP) is 2.89. The van der Waals surface area contributed by atoms with Crippen molar-refractivity contribution in [2.75, 3.05) is 26.7 Å². The summed E-state index contributed by atoms with van der Waals surface area (Å²) in [5.41, 5.74) is 0. The molecule has 1 saturated carbocycles. The van der Waals surface area contributed by atoms with Gasteiger partial charge in [0, 0.05) is 6.04 Å². The van der Waals surface area contributed by atoms with Gasteiger partial charge in [0.1, 0.15) is 0 Å². The van der Waals surface area contributed by atoms with E-state index in [1.54, 1.807) is 0 Å². The molecule has 0 aromatic carbocycles. The van der Waals surface area contributed by atoms with Crippen LogP contribution in [-0.2, 0) is 0 Å². The van der Waals surface area contributed by atoms with E-state index in [2.05, 4.69) is 24.2 Å². The van der Waals surface area contributed by atoms with Crippen LogP contribution in [0.3, 0.4) is 0 Å². The second kappa shape index (κ2) is 6.75. The van der Waals surface area contributed by atoms with E-state index in [-0.39, 0.29) is 0 Å². The Kier molecular flexibility index (Phi) is 5.30. The zero-order valence-corrected chi connectivity index (χ0v) is 11.8. The van der Waals surface area contributed by atoms with Gasteiger partial charge in [-0.2, -0.15) is 0 Å². The highest BCUT2D eigenvalue weighted by molar-refractivity contribution is 4.78. The van der Waals surface area contributed by atoms with Crippen LogP contribution in [0.4, 0.5) is 0 Å². The van der Waals surface area contributed by atoms with E-state index >= 15 is 0 Å². The van der Waals surface area contributed by atoms with Gasteiger partial charge in [0.15, 0.2) is 0 Å². The minimum absolute atomic E-state index is 0.871. The first-order valence-corrected chi connectivity index (χ1v) is 7.66. The molecule has 3 unspecified atom stereocenters. The highest BCUT2D eigenvalue weighted by Crippen LogP contribution is 2.27. The van der Waals surface area contributed by atoms with Crippen molar-refractivity contribution in [3.05, 3.63) is 0 Å². The summed E-state index contributed by atoms with van der Waals surface area (Å²) in [6, 6.07) is 0.871. The van der Waals surface area contributed by atoms with Crippen molar-refractivity contribution in [2.45, 2.75) is 57.9 Å². The molecule has 2 heteroatoms. The van der Waals surface area contributed by atoms with Crippen molar-refractivity contribution in [1.29, 1.82) is 0 Å². The molecule has 0 aromatic heterocycles. The number of nitrogens with zero attached hydrogens (tertiary/aromatic N) is 1. The van der Waals surface area contributed by atoms with Gasteiger partial charge in [-0.3, -0.25) is 0 Å². The fourth-order valence-corrected chi connectivity index (χ4v) is 3.54. The quantitative estimate of drug-likeness (QED) is 0.810. The summed E-state index contributed by atoms with van der Waals surface area (Å²) in [5, 5.41) is 3.53. The van der Waals surface area contributed by atoms with Crippen LogP contribution in [0.1, 0.15) is 51.9 Å². The average Bonchev–Trinajstić information content (AvgIpc) is 2.37. The summed E-state index contributed by atoms with van der Waals surface area (Å²) in [4.78, 5) is 2.64. The number of hydrogen-bond donors (Lipinski definition) is 1. The standard InChI is InChI=1S/C15H30N2/c1-13-5-3-7-15(11-13)17(2)10-8-14-6-4-9-16-12-14/h13-16H,3-12H2,1-2H3. The van der Waals surface area contributed by atoms with Gasteiger partial charge in [-0.1, -0.05) is 19.8 Å². The van der Waals surface area contributed by atoms with Gasteiger partial charge in [0.25, 0.3) is 0 Å². The van der Waals surface area contributed by atoms with E-state index in [0.717, 1.165) is 17.9 Å². The Balaban J connectivity index is 1.67. The number of piperidine rings is 1. The summed E-state index contributed by atoms with van der Waals surface area (Å²) in [5.74, 6) is 1.89. The third-order valence-corrected chi connectivity index (χ3v) is 4.82. The first-order valence-electron chi connectivity index (χ1n) is 7.66. The van der Waals surface area contributed by atoms with Crippen LogP contribution in [0.5, 0.6) is 0 Å². The van der Waals surface area contributed by atoms with Gasteiger partial charge in [-0.15, -0.1) is 0 Å². The number of nitrogens with one attached hydrogen (secondary N) is 1. The molecule has 17 heavy (non-hydrogen) atoms. The van der Waals surface area contributed by atoms with Crippen LogP contribution in [0.2, 0.25) is 0 Å². The molecule has 1 N–H and O–H groups in total. The first-order chi connectivity index (χ1) is 8.25. The third kappa shape index (κ3) is 4.26. The molecule has 1 heterocycles. The molecule has 1 aliphatic carbocycles. The van der Waals surface area contributed by atoms with Gasteiger partial charge in [0.05, 0.1) is 0 Å². The highest BCUT2D eigenvalue weighted by Gasteiger charge is 2.23. The normalized spacial score (nSPS) is 35.1. The van der Waals surface area contributed by atoms with E-state index in [0.29, 0.717) is 0 Å². The largest absolute Gasteiger partial charge is 0.316 e. The molecule has 0 amide bonds. The van der Waals surface area contributed by atoms with Crippen molar-refractivity contribution < 1.29 is 0 Å². The molecule has 100 valence electrons. The maximum Gasteiger partial charge on any atom is 0.00947 e. The van der Waals surface area contributed by atoms with Gasteiger partial charge in [-0.05, 0) is 70.6 Å². The van der Waals surface area contributed by atoms with Crippen LogP contribution >= 0.6 is 0 Å². The first kappa shape index (κ1) is 13.4. The molecule has 1 saturated heterocycles. The molecule has 0 bridgehead atoms. The van der Waals surface area contributed by atoms with E-state index in [4.69, 9.17) is 0 Å². The van der Waals surface area contributed by atoms with Crippen LogP contribution in [0.25, 0.3) is 0 Å². The Morgan fingerprint density at radius 3 is 2.76 bits per heavy atom. The maximum absolute atomic E-state index is 3.53. The predicted molar refractivity (Wildman–Crippen MR) is 74.3 cm³/mol. The maximum atomic E-state index is 3.53. The van der Waals surface area contributed by atoms with Crippen molar-refractivity contribution in [3.63, 3.8) is 0 Å². The Hall–Kier alpha value is -0.0800. The molecule has 0 radical (unpaired) electrons. The molecule has 2 rings (SSSR count). The lowest BCUT2D eigenvalue weighted by molar-refractivity contribution is 0.152. The van der Waals surface area contributed by atoms with E-state index in [1.165, 1.54) is 64.6 Å². The molecular formula is C15H30N2. The molecule has 2 aliphatic rings. The second-order valence-electron chi connectivity index (χ2n) is 6.41. The summed E-state index contributed by atoms with van der Waals surface area (Å²) >= 11 is 0. The molecule has 2 nitrogen and oxygen atoms in total. The van der Waals surface area contributed by atoms with Crippen LogP contribution < -0.4 is 5.32 Å². The zero-order valence-electron chi connectivity index (χ0n) is 11.8. The van der Waals surface area contributed by atoms with Crippen LogP contribution in [-0.4, -0.2) is 37.6 Å². The third-order valence-electron chi connectivity index (χ3n) is 4.82. The Labute approximate surface area is 107 Å². The summed E-state index contributed by atoms with van der Waals surface area (Å²) in [6.07, 6.45) is 9.99. The minimum Gasteiger partial charge on any atom is -0.316 e. The summed E-state index contributed by atoms with van der Waals surface area (Å²) < 4.78 is 0. The molecule has 3 atom stereocenters. The van der Waals surface area contributed by atoms with Crippen molar-refractivity contribution in [3.8, 4) is 0 Å². The fraction of sp³-hybridized carbons (Fsp3) is 1.00. The van der Waals surface area contributed by atoms with Crippen molar-refractivity contribution >= 4 is 0 Å². The van der Waals surface area contributed by atoms with Crippen molar-refractivity contribution in [2.24, 2.45) is 11.8 Å². The zero-order chi connectivity index (χ0) is 12.1. The Bertz CT molecular complexity index is 211. The minimum atomic E-state index is 0.871. The van der Waals surface area contributed by atoms with Crippen LogP contribution in [0, 0.1) is 11.8 Å². The fourth-order valence-electron chi connectivity index (χ4n) is 3.54. The van der Waals surface area contributed by atoms with E-state index in [9.17, 15) is 0 Å². The second-order valence-corrected chi connectivity index (χ2v) is 6.41. The summed E-state index contributed by atoms with van der Waals surface area (Å²) in [6.45, 7) is 6.23. The molecule has 0 aromatic rings. The smallest absolute Gasteiger partial charge is 0.00947 e. The van der Waals surface area contributed by atoms with Crippen LogP contribution in [0.15, 0.2) is 0 Å². The lowest BCUT2D eigenvalue weighted by Crippen LogP contribution is -2.38. The van der Waals surface area contributed by atoms with Crippen molar-refractivity contribution in [1.82, 2.24) is 10.2 Å². The van der Waals surface area contributed by atoms with Gasteiger partial charge in [0.2, 0.25) is 0 Å². The SMILES string of the molecule is CC1CCCC(N(C)CCC2CCCNC2)C1. The lowest BCUT2D eigenvalue weighted by Gasteiger charge is -2.35. The van der Waals surface area contributed by atoms with Gasteiger partial charge in [-0.25, -0.2) is 0 Å². The Morgan fingerprint density at radius 1 is 1.18 bits per heavy atom. The molecular weight excluding hydrogens is 208 g/mol. The lowest BCUT2D eigenvalue weighted by atomic mass is 9.86. The monoisotopic (exact) mass is 238 g/mol. The topological polar surface area (TPSA) is 15.3 Å². The molecule has 0 spiro atoms. The molecule has 1 aliphatic heterocycles. The summed E-state index contributed by atoms with van der Waals surface area (Å²) in [7, 11) is 2.35. The highest BCUT2D eigenvalue weighted by atomic mass is 15.1. The van der Waals surface area contributed by atoms with Gasteiger partial charge >= 0.3 is 0 Å². The van der Waals surface area contributed by atoms with E-state index < -0.39 is 0 Å². The van der Waals surface area contributed by atoms with Gasteiger partial charge < -0.3 is 10.2 Å². The molecule has 2 fully saturated rings. The van der Waals surface area contributed by atoms with E-state index in [1.807, 2.05) is 0 Å². The average molecular weight is 238 g/mol.